The van der Waals surface area contributed by atoms with Gasteiger partial charge >= 0.3 is 5.97 Å². The molecule has 1 heterocycles. The van der Waals surface area contributed by atoms with Gasteiger partial charge in [0, 0.05) is 72.0 Å². The third kappa shape index (κ3) is 24.6. The smallest absolute Gasteiger partial charge is 0.308 e. The van der Waals surface area contributed by atoms with E-state index in [-0.39, 0.29) is 23.7 Å². The van der Waals surface area contributed by atoms with Crippen molar-refractivity contribution in [2.75, 3.05) is 85.8 Å². The van der Waals surface area contributed by atoms with Gasteiger partial charge in [0.05, 0.1) is 12.5 Å². The molecule has 1 amide bonds. The van der Waals surface area contributed by atoms with E-state index >= 15 is 0 Å². The molecule has 8 nitrogen and oxygen atoms in total. The van der Waals surface area contributed by atoms with Crippen molar-refractivity contribution in [1.82, 2.24) is 20.0 Å². The first kappa shape index (κ1) is 45.8. The second-order valence-corrected chi connectivity index (χ2v) is 14.8. The van der Waals surface area contributed by atoms with E-state index in [0.29, 0.717) is 6.61 Å². The molecule has 1 N–H and O–H groups in total. The topological polar surface area (TPSA) is 74.4 Å². The molecule has 2 unspecified atom stereocenters. The predicted molar refractivity (Wildman–Crippen MR) is 207 cm³/mol. The van der Waals surface area contributed by atoms with Gasteiger partial charge in [0.1, 0.15) is 0 Å². The van der Waals surface area contributed by atoms with E-state index < -0.39 is 0 Å². The molecule has 1 aliphatic heterocycles. The number of unbranched alkanes of at least 4 members (excludes halogenated alkanes) is 10. The Hall–Kier alpha value is -1.22. The monoisotopic (exact) mass is 695 g/mol. The molecule has 1 saturated heterocycles. The second-order valence-electron chi connectivity index (χ2n) is 14.8. The fourth-order valence-corrected chi connectivity index (χ4v) is 6.97. The lowest BCUT2D eigenvalue weighted by atomic mass is 9.94. The van der Waals surface area contributed by atoms with Gasteiger partial charge in [-0.1, -0.05) is 105 Å². The SMILES string of the molecule is CCCCCCC(CCCC)C(=O)NCCN1CCN(CCN(CCCCOC)CCCCOC(=O)C(CCCC)CCCCCC)CC1. The van der Waals surface area contributed by atoms with Crippen LogP contribution in [0.15, 0.2) is 0 Å². The van der Waals surface area contributed by atoms with E-state index in [1.165, 1.54) is 44.9 Å². The fourth-order valence-electron chi connectivity index (χ4n) is 6.97. The zero-order chi connectivity index (χ0) is 35.8. The minimum Gasteiger partial charge on any atom is -0.465 e. The van der Waals surface area contributed by atoms with Crippen LogP contribution in [0.3, 0.4) is 0 Å². The summed E-state index contributed by atoms with van der Waals surface area (Å²) >= 11 is 0. The molecule has 290 valence electrons. The number of ether oxygens (including phenoxy) is 2. The highest BCUT2D eigenvalue weighted by atomic mass is 16.5. The maximum atomic E-state index is 13.0. The van der Waals surface area contributed by atoms with Crippen molar-refractivity contribution in [2.45, 2.75) is 156 Å². The summed E-state index contributed by atoms with van der Waals surface area (Å²) in [5.41, 5.74) is 0. The van der Waals surface area contributed by atoms with E-state index in [0.717, 1.165) is 156 Å². The Morgan fingerprint density at radius 1 is 0.592 bits per heavy atom. The molecule has 0 aromatic carbocycles. The van der Waals surface area contributed by atoms with Crippen LogP contribution in [0.5, 0.6) is 0 Å². The Bertz CT molecular complexity index is 762. The summed E-state index contributed by atoms with van der Waals surface area (Å²) in [6.07, 6.45) is 22.6. The van der Waals surface area contributed by atoms with Crippen molar-refractivity contribution in [1.29, 1.82) is 0 Å². The van der Waals surface area contributed by atoms with Crippen molar-refractivity contribution >= 4 is 11.9 Å². The number of carbonyl (C=O) groups is 2. The van der Waals surface area contributed by atoms with Crippen LogP contribution in [-0.4, -0.2) is 112 Å². The lowest BCUT2D eigenvalue weighted by molar-refractivity contribution is -0.149. The van der Waals surface area contributed by atoms with Crippen molar-refractivity contribution < 1.29 is 19.1 Å². The quantitative estimate of drug-likeness (QED) is 0.0537. The van der Waals surface area contributed by atoms with Gasteiger partial charge in [-0.3, -0.25) is 19.4 Å². The van der Waals surface area contributed by atoms with Crippen LogP contribution in [-0.2, 0) is 19.1 Å². The summed E-state index contributed by atoms with van der Waals surface area (Å²) in [6, 6.07) is 0. The van der Waals surface area contributed by atoms with Crippen LogP contribution < -0.4 is 5.32 Å². The lowest BCUT2D eigenvalue weighted by Crippen LogP contribution is -2.50. The highest BCUT2D eigenvalue weighted by Crippen LogP contribution is 2.20. The molecule has 0 radical (unpaired) electrons. The third-order valence-corrected chi connectivity index (χ3v) is 10.4. The molecule has 0 saturated carbocycles. The maximum Gasteiger partial charge on any atom is 0.308 e. The first-order valence-corrected chi connectivity index (χ1v) is 21.1. The summed E-state index contributed by atoms with van der Waals surface area (Å²) < 4.78 is 11.1. The zero-order valence-electron chi connectivity index (χ0n) is 33.3. The normalized spacial score (nSPS) is 15.5. The average Bonchev–Trinajstić information content (AvgIpc) is 3.11. The number of esters is 1. The molecule has 0 spiro atoms. The van der Waals surface area contributed by atoms with Crippen LogP contribution in [0, 0.1) is 11.8 Å². The number of carbonyl (C=O) groups excluding carboxylic acids is 2. The van der Waals surface area contributed by atoms with Crippen LogP contribution in [0.1, 0.15) is 156 Å². The summed E-state index contributed by atoms with van der Waals surface area (Å²) in [5, 5.41) is 3.28. The van der Waals surface area contributed by atoms with Crippen LogP contribution in [0.2, 0.25) is 0 Å². The Labute approximate surface area is 304 Å². The molecule has 0 aromatic heterocycles. The lowest BCUT2D eigenvalue weighted by Gasteiger charge is -2.36. The van der Waals surface area contributed by atoms with Crippen molar-refractivity contribution in [3.8, 4) is 0 Å². The van der Waals surface area contributed by atoms with Gasteiger partial charge in [-0.15, -0.1) is 0 Å². The molecule has 1 fully saturated rings. The summed E-state index contributed by atoms with van der Waals surface area (Å²) in [5.74, 6) is 0.591. The number of methoxy groups -OCH3 is 1. The van der Waals surface area contributed by atoms with Gasteiger partial charge < -0.3 is 19.7 Å². The largest absolute Gasteiger partial charge is 0.465 e. The van der Waals surface area contributed by atoms with E-state index in [9.17, 15) is 9.59 Å². The second kappa shape index (κ2) is 32.7. The number of rotatable bonds is 34. The molecule has 1 rings (SSSR count). The number of nitrogens with one attached hydrogen (secondary N) is 1. The number of nitrogens with zero attached hydrogens (tertiary/aromatic N) is 3. The van der Waals surface area contributed by atoms with Gasteiger partial charge in [0.15, 0.2) is 0 Å². The van der Waals surface area contributed by atoms with Gasteiger partial charge in [-0.05, 0) is 64.5 Å². The molecular weight excluding hydrogens is 612 g/mol. The van der Waals surface area contributed by atoms with E-state index in [4.69, 9.17) is 9.47 Å². The van der Waals surface area contributed by atoms with Gasteiger partial charge in [-0.25, -0.2) is 0 Å². The minimum absolute atomic E-state index is 0.0388. The Balaban J connectivity index is 2.38. The Morgan fingerprint density at radius 2 is 1.10 bits per heavy atom. The molecule has 0 aliphatic carbocycles. The number of amides is 1. The average molecular weight is 695 g/mol. The predicted octanol–water partition coefficient (Wildman–Crippen LogP) is 8.33. The first-order chi connectivity index (χ1) is 24.0. The minimum atomic E-state index is 0.0388. The van der Waals surface area contributed by atoms with Crippen LogP contribution in [0.25, 0.3) is 0 Å². The zero-order valence-corrected chi connectivity index (χ0v) is 33.3. The molecular formula is C41H82N4O4. The standard InChI is InChI=1S/C41H82N4O4/c1-6-10-14-16-24-38(22-12-8-3)40(46)42-26-29-44-31-34-45(35-32-44)33-30-43(27-18-20-36-48-5)28-19-21-37-49-41(47)39(23-13-9-4)25-17-15-11-7-2/h38-39H,6-37H2,1-5H3,(H,42,46). The van der Waals surface area contributed by atoms with Gasteiger partial charge in [-0.2, -0.15) is 0 Å². The third-order valence-electron chi connectivity index (χ3n) is 10.4. The number of hydrogen-bond donors (Lipinski definition) is 1. The summed E-state index contributed by atoms with van der Waals surface area (Å²) in [4.78, 5) is 33.5. The van der Waals surface area contributed by atoms with Gasteiger partial charge in [0.25, 0.3) is 0 Å². The highest BCUT2D eigenvalue weighted by Gasteiger charge is 2.21. The van der Waals surface area contributed by atoms with Crippen molar-refractivity contribution in [3.05, 3.63) is 0 Å². The van der Waals surface area contributed by atoms with E-state index in [1.807, 2.05) is 0 Å². The number of piperazine rings is 1. The van der Waals surface area contributed by atoms with Crippen molar-refractivity contribution in [3.63, 3.8) is 0 Å². The molecule has 49 heavy (non-hydrogen) atoms. The molecule has 1 aliphatic rings. The van der Waals surface area contributed by atoms with E-state index in [1.54, 1.807) is 7.11 Å². The van der Waals surface area contributed by atoms with Crippen molar-refractivity contribution in [2.24, 2.45) is 11.8 Å². The van der Waals surface area contributed by atoms with Crippen LogP contribution >= 0.6 is 0 Å². The summed E-state index contributed by atoms with van der Waals surface area (Å²) in [7, 11) is 1.78. The molecule has 2 atom stereocenters. The number of hydrogen-bond acceptors (Lipinski definition) is 7. The fraction of sp³-hybridized carbons (Fsp3) is 0.951. The molecule has 8 heteroatoms. The van der Waals surface area contributed by atoms with Crippen LogP contribution in [0.4, 0.5) is 0 Å². The molecule has 0 bridgehead atoms. The Morgan fingerprint density at radius 3 is 1.67 bits per heavy atom. The van der Waals surface area contributed by atoms with E-state index in [2.05, 4.69) is 47.7 Å². The first-order valence-electron chi connectivity index (χ1n) is 21.1. The maximum absolute atomic E-state index is 13.0. The summed E-state index contributed by atoms with van der Waals surface area (Å²) in [6.45, 7) is 20.6. The molecule has 0 aromatic rings. The Kier molecular flexibility index (Phi) is 30.5. The van der Waals surface area contributed by atoms with Gasteiger partial charge in [0.2, 0.25) is 5.91 Å². The highest BCUT2D eigenvalue weighted by molar-refractivity contribution is 5.78.